The fourth-order valence-electron chi connectivity index (χ4n) is 10.6. The summed E-state index contributed by atoms with van der Waals surface area (Å²) in [6.45, 7) is 4.64. The van der Waals surface area contributed by atoms with Gasteiger partial charge in [0.2, 0.25) is 0 Å². The third-order valence-corrected chi connectivity index (χ3v) is 14.0. The minimum atomic E-state index is -0.198. The molecule has 0 unspecified atom stereocenters. The van der Waals surface area contributed by atoms with Gasteiger partial charge in [-0.25, -0.2) is 0 Å². The second-order valence-corrected chi connectivity index (χ2v) is 18.3. The summed E-state index contributed by atoms with van der Waals surface area (Å²) in [6.07, 6.45) is 0. The van der Waals surface area contributed by atoms with Gasteiger partial charge in [-0.05, 0) is 152 Å². The van der Waals surface area contributed by atoms with Gasteiger partial charge in [-0.2, -0.15) is 0 Å². The molecular formula is C65H47N3. The average Bonchev–Trinajstić information content (AvgIpc) is 3.87. The highest BCUT2D eigenvalue weighted by molar-refractivity contribution is 6.10. The number of rotatable bonds is 8. The summed E-state index contributed by atoms with van der Waals surface area (Å²) in [4.78, 5) is 4.19. The van der Waals surface area contributed by atoms with Gasteiger partial charge in [0.15, 0.2) is 0 Å². The van der Waals surface area contributed by atoms with Gasteiger partial charge in [-0.3, -0.25) is 0 Å². The topological polar surface area (TPSA) is 11.4 Å². The molecule has 1 heterocycles. The molecule has 68 heavy (non-hydrogen) atoms. The van der Waals surface area contributed by atoms with E-state index in [-0.39, 0.29) is 40.8 Å². The van der Waals surface area contributed by atoms with Gasteiger partial charge >= 0.3 is 0 Å². The minimum absolute atomic E-state index is 0.0974. The Hall–Kier alpha value is -8.66. The lowest BCUT2D eigenvalue weighted by molar-refractivity contribution is 0.660. The van der Waals surface area contributed by atoms with E-state index < -0.39 is 0 Å². The normalized spacial score (nSPS) is 13.5. The quantitative estimate of drug-likeness (QED) is 0.151. The van der Waals surface area contributed by atoms with Gasteiger partial charge in [-0.15, -0.1) is 0 Å². The lowest BCUT2D eigenvalue weighted by Gasteiger charge is -2.28. The third kappa shape index (κ3) is 6.50. The van der Waals surface area contributed by atoms with Crippen LogP contribution in [0.1, 0.15) is 30.5 Å². The van der Waals surface area contributed by atoms with Crippen LogP contribution in [0.4, 0.5) is 34.1 Å². The molecule has 0 saturated carbocycles. The van der Waals surface area contributed by atoms with Crippen LogP contribution >= 0.6 is 0 Å². The van der Waals surface area contributed by atoms with Crippen LogP contribution in [0, 0.1) is 0 Å². The van der Waals surface area contributed by atoms with E-state index in [1.54, 1.807) is 0 Å². The molecule has 0 N–H and O–H groups in total. The van der Waals surface area contributed by atoms with Gasteiger partial charge < -0.3 is 14.4 Å². The largest absolute Gasteiger partial charge is 0.310 e. The summed E-state index contributed by atoms with van der Waals surface area (Å²) in [7, 11) is 0. The molecule has 0 fully saturated rings. The lowest BCUT2D eigenvalue weighted by Crippen LogP contribution is -2.16. The molecule has 0 aliphatic heterocycles. The zero-order valence-electron chi connectivity index (χ0n) is 41.7. The summed E-state index contributed by atoms with van der Waals surface area (Å²) in [5.74, 6) is 0. The number of hydrogen-bond donors (Lipinski definition) is 0. The number of fused-ring (bicyclic) bond motifs is 8. The van der Waals surface area contributed by atoms with Crippen LogP contribution < -0.4 is 9.80 Å². The molecule has 3 heteroatoms. The average molecular weight is 874 g/mol. The van der Waals surface area contributed by atoms with Crippen molar-refractivity contribution < 1.29 is 5.48 Å². The molecule has 11 aromatic carbocycles. The second kappa shape index (κ2) is 15.8. The molecule has 0 radical (unpaired) electrons. The van der Waals surface area contributed by atoms with E-state index >= 15 is 0 Å². The Morgan fingerprint density at radius 2 is 0.897 bits per heavy atom. The zero-order chi connectivity index (χ0) is 48.8. The number of nitrogens with zero attached hydrogens (tertiary/aromatic N) is 3. The van der Waals surface area contributed by atoms with Crippen molar-refractivity contribution in [1.82, 2.24) is 4.57 Å². The molecule has 1 aliphatic carbocycles. The standard InChI is InChI=1S/C65H47N3/c1-65(2)61-23-13-11-21-57(61)58-37-35-55(42-62(58)65)67(56-36-38-60-59-22-12-14-24-63(59)68(64(60)43-56)51-19-7-4-8-20-51)54-34-30-48-39-47(25-26-49(48)41-54)45-27-31-52(32-28-45)66(50-17-5-3-6-18-50)53-33-29-44-15-9-10-16-46(44)40-53/h3-43H,1-2H3/i27D,28D,31D,32D. The Morgan fingerprint density at radius 3 is 1.71 bits per heavy atom. The van der Waals surface area contributed by atoms with Crippen molar-refractivity contribution in [1.29, 1.82) is 0 Å². The lowest BCUT2D eigenvalue weighted by atomic mass is 9.82. The van der Waals surface area contributed by atoms with Gasteiger partial charge in [-0.1, -0.05) is 165 Å². The Kier molecular flexibility index (Phi) is 8.24. The zero-order valence-corrected chi connectivity index (χ0v) is 37.7. The number of anilines is 6. The summed E-state index contributed by atoms with van der Waals surface area (Å²) >= 11 is 0. The number of para-hydroxylation sites is 3. The Bertz CT molecular complexity index is 4110. The fourth-order valence-corrected chi connectivity index (χ4v) is 10.6. The van der Waals surface area contributed by atoms with Crippen molar-refractivity contribution in [3.05, 3.63) is 260 Å². The molecule has 0 spiro atoms. The second-order valence-electron chi connectivity index (χ2n) is 18.3. The molecule has 3 nitrogen and oxygen atoms in total. The number of hydrogen-bond acceptors (Lipinski definition) is 2. The van der Waals surface area contributed by atoms with E-state index in [1.807, 2.05) is 89.8 Å². The smallest absolute Gasteiger partial charge is 0.0645 e. The fraction of sp³-hybridized carbons (Fsp3) is 0.0462. The van der Waals surface area contributed by atoms with Crippen LogP contribution in [0.15, 0.2) is 249 Å². The third-order valence-electron chi connectivity index (χ3n) is 14.0. The van der Waals surface area contributed by atoms with E-state index in [2.05, 4.69) is 163 Å². The highest BCUT2D eigenvalue weighted by Gasteiger charge is 2.36. The molecular weight excluding hydrogens is 823 g/mol. The molecule has 1 aliphatic rings. The Labute approximate surface area is 402 Å². The van der Waals surface area contributed by atoms with Gasteiger partial charge in [0.05, 0.1) is 16.5 Å². The summed E-state index contributed by atoms with van der Waals surface area (Å²) < 4.78 is 40.4. The summed E-state index contributed by atoms with van der Waals surface area (Å²) in [6, 6.07) is 77.4. The van der Waals surface area contributed by atoms with Crippen molar-refractivity contribution in [2.75, 3.05) is 9.80 Å². The molecule has 0 bridgehead atoms. The highest BCUT2D eigenvalue weighted by Crippen LogP contribution is 2.51. The molecule has 12 aromatic rings. The molecule has 0 saturated heterocycles. The van der Waals surface area contributed by atoms with Crippen LogP contribution in [-0.4, -0.2) is 4.57 Å². The number of benzene rings is 11. The van der Waals surface area contributed by atoms with E-state index in [4.69, 9.17) is 0 Å². The first-order valence-corrected chi connectivity index (χ1v) is 23.3. The van der Waals surface area contributed by atoms with Crippen LogP contribution in [0.2, 0.25) is 0 Å². The SMILES string of the molecule is [2H]c1c([2H])c(N(c2ccccc2)c2ccc3ccccc3c2)c([2H])c([2H])c1-c1ccc2cc(N(c3ccc4c(c3)C(C)(C)c3ccccc3-4)c3ccc4c5ccccc5n(-c5ccccc5)c4c3)ccc2c1. The monoisotopic (exact) mass is 873 g/mol. The van der Waals surface area contributed by atoms with Crippen LogP contribution in [0.5, 0.6) is 0 Å². The molecule has 322 valence electrons. The first-order chi connectivity index (χ1) is 35.1. The van der Waals surface area contributed by atoms with E-state index in [1.165, 1.54) is 33.0 Å². The summed E-state index contributed by atoms with van der Waals surface area (Å²) in [5, 5.41) is 6.36. The Morgan fingerprint density at radius 1 is 0.353 bits per heavy atom. The minimum Gasteiger partial charge on any atom is -0.310 e. The van der Waals surface area contributed by atoms with Crippen molar-refractivity contribution in [2.45, 2.75) is 19.3 Å². The highest BCUT2D eigenvalue weighted by atomic mass is 15.1. The predicted molar refractivity (Wildman–Crippen MR) is 288 cm³/mol. The first kappa shape index (κ1) is 35.6. The van der Waals surface area contributed by atoms with E-state index in [0.717, 1.165) is 66.7 Å². The maximum Gasteiger partial charge on any atom is 0.0645 e. The van der Waals surface area contributed by atoms with Crippen molar-refractivity contribution in [3.8, 4) is 27.9 Å². The summed E-state index contributed by atoms with van der Waals surface area (Å²) in [5.41, 5.74) is 13.9. The molecule has 13 rings (SSSR count). The van der Waals surface area contributed by atoms with Crippen LogP contribution in [-0.2, 0) is 5.41 Å². The maximum atomic E-state index is 9.53. The van der Waals surface area contributed by atoms with Crippen molar-refractivity contribution in [3.63, 3.8) is 0 Å². The van der Waals surface area contributed by atoms with Gasteiger partial charge in [0, 0.05) is 56.0 Å². The van der Waals surface area contributed by atoms with Gasteiger partial charge in [0.25, 0.3) is 0 Å². The first-order valence-electron chi connectivity index (χ1n) is 25.3. The van der Waals surface area contributed by atoms with Crippen molar-refractivity contribution >= 4 is 77.5 Å². The van der Waals surface area contributed by atoms with Gasteiger partial charge in [0.1, 0.15) is 0 Å². The number of aromatic nitrogens is 1. The maximum absolute atomic E-state index is 9.53. The van der Waals surface area contributed by atoms with Crippen LogP contribution in [0.3, 0.4) is 0 Å². The molecule has 0 amide bonds. The van der Waals surface area contributed by atoms with Crippen molar-refractivity contribution in [2.24, 2.45) is 0 Å². The predicted octanol–water partition coefficient (Wildman–Crippen LogP) is 18.0. The molecule has 0 atom stereocenters. The van der Waals surface area contributed by atoms with E-state index in [9.17, 15) is 5.48 Å². The molecule has 1 aromatic heterocycles. The van der Waals surface area contributed by atoms with E-state index in [0.29, 0.717) is 5.56 Å². The Balaban J connectivity index is 0.947. The van der Waals surface area contributed by atoms with Crippen LogP contribution in [0.25, 0.3) is 71.3 Å².